The average Bonchev–Trinajstić information content (AvgIpc) is 2.23. The number of halogens is 3. The van der Waals surface area contributed by atoms with Crippen LogP contribution in [0.15, 0.2) is 12.1 Å². The van der Waals surface area contributed by atoms with Gasteiger partial charge in [0.1, 0.15) is 11.6 Å². The Labute approximate surface area is 115 Å². The highest BCUT2D eigenvalue weighted by atomic mass is 79.9. The number of carbonyl (C=O) groups is 1. The summed E-state index contributed by atoms with van der Waals surface area (Å²) in [5.74, 6) is -0.947. The van der Waals surface area contributed by atoms with E-state index in [1.54, 1.807) is 20.8 Å². The predicted molar refractivity (Wildman–Crippen MR) is 72.0 cm³/mol. The van der Waals surface area contributed by atoms with E-state index in [0.29, 0.717) is 0 Å². The number of hydrogen-bond acceptors (Lipinski definition) is 1. The first-order chi connectivity index (χ1) is 8.12. The van der Waals surface area contributed by atoms with Gasteiger partial charge in [-0.3, -0.25) is 4.79 Å². The third-order valence-electron chi connectivity index (χ3n) is 2.75. The zero-order chi connectivity index (χ0) is 14.1. The molecule has 1 aromatic rings. The number of alkyl halides is 1. The van der Waals surface area contributed by atoms with Crippen molar-refractivity contribution in [3.63, 3.8) is 0 Å². The van der Waals surface area contributed by atoms with E-state index in [1.807, 2.05) is 0 Å². The van der Waals surface area contributed by atoms with Crippen LogP contribution in [-0.4, -0.2) is 10.6 Å². The fourth-order valence-corrected chi connectivity index (χ4v) is 2.64. The summed E-state index contributed by atoms with van der Waals surface area (Å²) >= 11 is 3.25. The smallest absolute Gasteiger partial charge is 0.152 e. The van der Waals surface area contributed by atoms with Gasteiger partial charge in [0.2, 0.25) is 0 Å². The third-order valence-corrected chi connectivity index (χ3v) is 3.49. The molecule has 0 aliphatic rings. The number of aryl methyl sites for hydroxylation is 1. The van der Waals surface area contributed by atoms with Crippen molar-refractivity contribution in [1.29, 1.82) is 0 Å². The number of benzene rings is 1. The summed E-state index contributed by atoms with van der Waals surface area (Å²) in [6, 6.07) is 2.32. The molecule has 1 unspecified atom stereocenters. The molecule has 18 heavy (non-hydrogen) atoms. The summed E-state index contributed by atoms with van der Waals surface area (Å²) in [6.45, 7) is 6.91. The summed E-state index contributed by atoms with van der Waals surface area (Å²) in [4.78, 5) is 11.5. The molecule has 0 saturated heterocycles. The van der Waals surface area contributed by atoms with Crippen molar-refractivity contribution >= 4 is 21.7 Å². The van der Waals surface area contributed by atoms with Gasteiger partial charge in [0, 0.05) is 5.41 Å². The molecule has 1 rings (SSSR count). The Kier molecular flexibility index (Phi) is 4.65. The van der Waals surface area contributed by atoms with E-state index in [9.17, 15) is 13.6 Å². The molecular formula is C14H17BrF2O. The first-order valence-electron chi connectivity index (χ1n) is 5.76. The Morgan fingerprint density at radius 1 is 1.28 bits per heavy atom. The van der Waals surface area contributed by atoms with Crippen molar-refractivity contribution in [2.45, 2.75) is 38.9 Å². The summed E-state index contributed by atoms with van der Waals surface area (Å²) in [5.41, 5.74) is -0.0180. The molecule has 0 spiro atoms. The van der Waals surface area contributed by atoms with Crippen LogP contribution in [0, 0.1) is 24.0 Å². The van der Waals surface area contributed by atoms with E-state index in [1.165, 1.54) is 6.92 Å². The van der Waals surface area contributed by atoms with E-state index in [0.717, 1.165) is 12.1 Å². The molecule has 0 aromatic heterocycles. The molecule has 4 heteroatoms. The minimum Gasteiger partial charge on any atom is -0.298 e. The molecule has 0 amide bonds. The lowest BCUT2D eigenvalue weighted by molar-refractivity contribution is -0.125. The van der Waals surface area contributed by atoms with Gasteiger partial charge in [0.05, 0.1) is 4.83 Å². The Bertz CT molecular complexity index is 464. The van der Waals surface area contributed by atoms with Crippen LogP contribution in [-0.2, 0) is 11.2 Å². The molecule has 0 aliphatic carbocycles. The van der Waals surface area contributed by atoms with Crippen LogP contribution < -0.4 is 0 Å². The number of carbonyl (C=O) groups excluding carboxylic acids is 1. The maximum absolute atomic E-state index is 13.7. The van der Waals surface area contributed by atoms with Crippen molar-refractivity contribution in [1.82, 2.24) is 0 Å². The Hall–Kier alpha value is -0.770. The van der Waals surface area contributed by atoms with Crippen molar-refractivity contribution in [3.8, 4) is 0 Å². The van der Waals surface area contributed by atoms with Gasteiger partial charge in [-0.25, -0.2) is 8.78 Å². The van der Waals surface area contributed by atoms with E-state index in [4.69, 9.17) is 0 Å². The molecule has 0 fully saturated rings. The van der Waals surface area contributed by atoms with Crippen molar-refractivity contribution < 1.29 is 13.6 Å². The van der Waals surface area contributed by atoms with Crippen LogP contribution in [0.3, 0.4) is 0 Å². The monoisotopic (exact) mass is 318 g/mol. The normalized spacial score (nSPS) is 13.5. The second-order valence-electron chi connectivity index (χ2n) is 5.48. The van der Waals surface area contributed by atoms with E-state index >= 15 is 0 Å². The second-order valence-corrected chi connectivity index (χ2v) is 6.58. The first kappa shape index (κ1) is 15.3. The largest absolute Gasteiger partial charge is 0.298 e. The van der Waals surface area contributed by atoms with Gasteiger partial charge in [-0.1, -0.05) is 36.7 Å². The van der Waals surface area contributed by atoms with E-state index < -0.39 is 21.9 Å². The topological polar surface area (TPSA) is 17.1 Å². The minimum absolute atomic E-state index is 0.0251. The first-order valence-corrected chi connectivity index (χ1v) is 6.67. The van der Waals surface area contributed by atoms with Gasteiger partial charge in [-0.2, -0.15) is 0 Å². The minimum atomic E-state index is -0.506. The molecule has 1 atom stereocenters. The molecule has 0 heterocycles. The maximum atomic E-state index is 13.7. The molecule has 100 valence electrons. The van der Waals surface area contributed by atoms with Gasteiger partial charge < -0.3 is 0 Å². The Morgan fingerprint density at radius 2 is 1.83 bits per heavy atom. The Morgan fingerprint density at radius 3 is 2.33 bits per heavy atom. The SMILES string of the molecule is Cc1cc(F)c(CC(Br)C(=O)C(C)(C)C)cc1F. The molecule has 0 radical (unpaired) electrons. The maximum Gasteiger partial charge on any atom is 0.152 e. The lowest BCUT2D eigenvalue weighted by Crippen LogP contribution is -2.30. The zero-order valence-corrected chi connectivity index (χ0v) is 12.6. The van der Waals surface area contributed by atoms with Crippen molar-refractivity contribution in [2.75, 3.05) is 0 Å². The summed E-state index contributed by atoms with van der Waals surface area (Å²) < 4.78 is 27.0. The molecule has 0 saturated carbocycles. The van der Waals surface area contributed by atoms with Crippen molar-refractivity contribution in [2.24, 2.45) is 5.41 Å². The van der Waals surface area contributed by atoms with Crippen LogP contribution in [0.25, 0.3) is 0 Å². The molecular weight excluding hydrogens is 302 g/mol. The highest BCUT2D eigenvalue weighted by molar-refractivity contribution is 9.10. The lowest BCUT2D eigenvalue weighted by Gasteiger charge is -2.21. The fourth-order valence-electron chi connectivity index (χ4n) is 1.60. The van der Waals surface area contributed by atoms with Gasteiger partial charge in [-0.15, -0.1) is 0 Å². The average molecular weight is 319 g/mol. The highest BCUT2D eigenvalue weighted by Gasteiger charge is 2.28. The van der Waals surface area contributed by atoms with Crippen molar-refractivity contribution in [3.05, 3.63) is 34.9 Å². The van der Waals surface area contributed by atoms with Crippen LogP contribution in [0.2, 0.25) is 0 Å². The van der Waals surface area contributed by atoms with Gasteiger partial charge in [-0.05, 0) is 36.6 Å². The molecule has 0 bridgehead atoms. The second kappa shape index (κ2) is 5.47. The number of Topliss-reactive ketones (excluding diaryl/α,β-unsaturated/α-hetero) is 1. The summed E-state index contributed by atoms with van der Waals surface area (Å²) in [5, 5.41) is 0. The van der Waals surface area contributed by atoms with Gasteiger partial charge >= 0.3 is 0 Å². The van der Waals surface area contributed by atoms with Crippen LogP contribution in [0.1, 0.15) is 31.9 Å². The lowest BCUT2D eigenvalue weighted by atomic mass is 9.87. The zero-order valence-electron chi connectivity index (χ0n) is 11.0. The summed E-state index contributed by atoms with van der Waals surface area (Å²) in [7, 11) is 0. The Balaban J connectivity index is 2.92. The molecule has 0 aliphatic heterocycles. The van der Waals surface area contributed by atoms with Gasteiger partial charge in [0.25, 0.3) is 0 Å². The van der Waals surface area contributed by atoms with E-state index in [-0.39, 0.29) is 23.3 Å². The van der Waals surface area contributed by atoms with Gasteiger partial charge in [0.15, 0.2) is 5.78 Å². The number of rotatable bonds is 3. The molecule has 1 aromatic carbocycles. The number of ketones is 1. The quantitative estimate of drug-likeness (QED) is 0.763. The summed E-state index contributed by atoms with van der Waals surface area (Å²) in [6.07, 6.45) is 0.152. The highest BCUT2D eigenvalue weighted by Crippen LogP contribution is 2.25. The van der Waals surface area contributed by atoms with Crippen LogP contribution in [0.4, 0.5) is 8.78 Å². The van der Waals surface area contributed by atoms with Crippen LogP contribution >= 0.6 is 15.9 Å². The third kappa shape index (κ3) is 3.61. The molecule has 1 nitrogen and oxygen atoms in total. The number of hydrogen-bond donors (Lipinski definition) is 0. The fraction of sp³-hybridized carbons (Fsp3) is 0.500. The molecule has 0 N–H and O–H groups in total. The standard InChI is InChI=1S/C14H17BrF2O/c1-8-5-12(17)9(7-11(8)16)6-10(15)13(18)14(2,3)4/h5,7,10H,6H2,1-4H3. The predicted octanol–water partition coefficient (Wildman–Crippen LogP) is 4.19. The van der Waals surface area contributed by atoms with Crippen LogP contribution in [0.5, 0.6) is 0 Å². The van der Waals surface area contributed by atoms with E-state index in [2.05, 4.69) is 15.9 Å².